The van der Waals surface area contributed by atoms with Crippen LogP contribution >= 0.6 is 0 Å². The Kier molecular flexibility index (Phi) is 7.48. The van der Waals surface area contributed by atoms with Crippen LogP contribution in [0, 0.1) is 0 Å². The first-order valence-electron chi connectivity index (χ1n) is 9.44. The van der Waals surface area contributed by atoms with E-state index in [1.165, 1.54) is 14.2 Å². The van der Waals surface area contributed by atoms with E-state index in [0.29, 0.717) is 45.3 Å². The van der Waals surface area contributed by atoms with E-state index in [1.54, 1.807) is 52.0 Å². The second-order valence-electron chi connectivity index (χ2n) is 7.08. The molecule has 0 heterocycles. The van der Waals surface area contributed by atoms with Crippen LogP contribution < -0.4 is 14.2 Å². The van der Waals surface area contributed by atoms with Crippen LogP contribution in [-0.4, -0.2) is 34.6 Å². The van der Waals surface area contributed by atoms with E-state index < -0.39 is 24.4 Å². The first-order chi connectivity index (χ1) is 13.6. The smallest absolute Gasteiger partial charge is 0.130 e. The Morgan fingerprint density at radius 3 is 0.966 bits per heavy atom. The van der Waals surface area contributed by atoms with E-state index in [9.17, 15) is 20.4 Å². The molecule has 7 heteroatoms. The lowest BCUT2D eigenvalue weighted by Crippen LogP contribution is -2.05. The lowest BCUT2D eigenvalue weighted by atomic mass is 10.00. The second-order valence-corrected chi connectivity index (χ2v) is 7.08. The molecule has 2 rings (SSSR count). The van der Waals surface area contributed by atoms with Gasteiger partial charge in [-0.3, -0.25) is 0 Å². The summed E-state index contributed by atoms with van der Waals surface area (Å²) >= 11 is 0. The molecule has 4 unspecified atom stereocenters. The fourth-order valence-electron chi connectivity index (χ4n) is 3.26. The summed E-state index contributed by atoms with van der Waals surface area (Å²) in [5.74, 6) is 1.53. The van der Waals surface area contributed by atoms with Crippen LogP contribution in [0.4, 0.5) is 0 Å². The molecule has 0 fully saturated rings. The number of hydrogen-bond acceptors (Lipinski definition) is 7. The molecule has 0 aliphatic rings. The van der Waals surface area contributed by atoms with Gasteiger partial charge in [-0.05, 0) is 52.0 Å². The molecule has 0 saturated heterocycles. The predicted octanol–water partition coefficient (Wildman–Crippen LogP) is 3.71. The van der Waals surface area contributed by atoms with Crippen molar-refractivity contribution in [1.82, 2.24) is 0 Å². The lowest BCUT2D eigenvalue weighted by Gasteiger charge is -2.21. The molecule has 29 heavy (non-hydrogen) atoms. The van der Waals surface area contributed by atoms with Gasteiger partial charge in [-0.25, -0.2) is 0 Å². The predicted molar refractivity (Wildman–Crippen MR) is 109 cm³/mol. The Morgan fingerprint density at radius 2 is 0.793 bits per heavy atom. The van der Waals surface area contributed by atoms with E-state index in [0.717, 1.165) is 0 Å². The number of ether oxygens (including phenoxy) is 3. The van der Waals surface area contributed by atoms with Gasteiger partial charge in [-0.2, -0.15) is 0 Å². The molecule has 0 saturated carbocycles. The van der Waals surface area contributed by atoms with Gasteiger partial charge >= 0.3 is 0 Å². The van der Waals surface area contributed by atoms with Crippen LogP contribution in [0.25, 0.3) is 0 Å². The number of aliphatic hydroxyl groups is 4. The van der Waals surface area contributed by atoms with Crippen LogP contribution in [0.15, 0.2) is 24.3 Å². The van der Waals surface area contributed by atoms with Crippen molar-refractivity contribution in [2.24, 2.45) is 0 Å². The summed E-state index contributed by atoms with van der Waals surface area (Å²) in [5.41, 5.74) is 1.89. The van der Waals surface area contributed by atoms with Crippen molar-refractivity contribution in [3.05, 3.63) is 46.5 Å². The third-order valence-corrected chi connectivity index (χ3v) is 4.68. The van der Waals surface area contributed by atoms with Crippen LogP contribution in [-0.2, 0) is 0 Å². The molecule has 0 spiro atoms. The van der Waals surface area contributed by atoms with Crippen molar-refractivity contribution >= 4 is 0 Å². The monoisotopic (exact) mass is 406 g/mol. The topological polar surface area (TPSA) is 109 Å². The molecule has 160 valence electrons. The summed E-state index contributed by atoms with van der Waals surface area (Å²) in [5, 5.41) is 40.5. The summed E-state index contributed by atoms with van der Waals surface area (Å²) in [6.45, 7) is 6.38. The largest absolute Gasteiger partial charge is 0.496 e. The molecule has 2 aromatic rings. The summed E-state index contributed by atoms with van der Waals surface area (Å²) in [6.07, 6.45) is -3.38. The van der Waals surface area contributed by atoms with Gasteiger partial charge in [0.25, 0.3) is 0 Å². The van der Waals surface area contributed by atoms with Crippen molar-refractivity contribution in [3.63, 3.8) is 0 Å². The number of aliphatic hydroxyl groups excluding tert-OH is 4. The summed E-state index contributed by atoms with van der Waals surface area (Å²) < 4.78 is 16.7. The number of rotatable bonds is 8. The van der Waals surface area contributed by atoms with Crippen LogP contribution in [0.5, 0.6) is 23.0 Å². The van der Waals surface area contributed by atoms with Crippen LogP contribution in [0.1, 0.15) is 74.4 Å². The van der Waals surface area contributed by atoms with Crippen molar-refractivity contribution in [2.45, 2.75) is 52.1 Å². The maximum absolute atomic E-state index is 10.1. The summed E-state index contributed by atoms with van der Waals surface area (Å²) in [4.78, 5) is 0. The highest BCUT2D eigenvalue weighted by Gasteiger charge is 2.22. The van der Waals surface area contributed by atoms with Gasteiger partial charge in [-0.15, -0.1) is 0 Å². The van der Waals surface area contributed by atoms with Crippen molar-refractivity contribution in [3.8, 4) is 23.0 Å². The molecule has 4 N–H and O–H groups in total. The lowest BCUT2D eigenvalue weighted by molar-refractivity contribution is 0.182. The molecule has 0 amide bonds. The fourth-order valence-corrected chi connectivity index (χ4v) is 3.26. The maximum Gasteiger partial charge on any atom is 0.130 e. The number of methoxy groups -OCH3 is 2. The second kappa shape index (κ2) is 9.45. The molecular formula is C22H30O7. The van der Waals surface area contributed by atoms with E-state index in [-0.39, 0.29) is 0 Å². The molecule has 4 atom stereocenters. The van der Waals surface area contributed by atoms with Crippen molar-refractivity contribution in [1.29, 1.82) is 0 Å². The zero-order valence-electron chi connectivity index (χ0n) is 17.6. The minimum Gasteiger partial charge on any atom is -0.496 e. The maximum atomic E-state index is 10.1. The first-order valence-corrected chi connectivity index (χ1v) is 9.44. The Morgan fingerprint density at radius 1 is 0.552 bits per heavy atom. The molecule has 7 nitrogen and oxygen atoms in total. The van der Waals surface area contributed by atoms with E-state index in [2.05, 4.69) is 0 Å². The highest BCUT2D eigenvalue weighted by molar-refractivity contribution is 5.53. The Labute approximate surface area is 171 Å². The zero-order valence-corrected chi connectivity index (χ0v) is 17.6. The van der Waals surface area contributed by atoms with Gasteiger partial charge in [-0.1, -0.05) is 0 Å². The van der Waals surface area contributed by atoms with Crippen LogP contribution in [0.3, 0.4) is 0 Å². The van der Waals surface area contributed by atoms with Gasteiger partial charge in [0.1, 0.15) is 23.0 Å². The average molecular weight is 406 g/mol. The van der Waals surface area contributed by atoms with Crippen LogP contribution in [0.2, 0.25) is 0 Å². The molecule has 2 aromatic carbocycles. The molecule has 0 bridgehead atoms. The van der Waals surface area contributed by atoms with Gasteiger partial charge in [0, 0.05) is 22.3 Å². The Bertz CT molecular complexity index is 714. The third-order valence-electron chi connectivity index (χ3n) is 4.68. The Balaban J connectivity index is 2.61. The quantitative estimate of drug-likeness (QED) is 0.529. The van der Waals surface area contributed by atoms with E-state index >= 15 is 0 Å². The zero-order chi connectivity index (χ0) is 21.9. The summed E-state index contributed by atoms with van der Waals surface area (Å²) in [6, 6.07) is 6.51. The normalized spacial score (nSPS) is 15.4. The van der Waals surface area contributed by atoms with Gasteiger partial charge in [0.05, 0.1) is 38.6 Å². The average Bonchev–Trinajstić information content (AvgIpc) is 2.66. The molecule has 0 aliphatic carbocycles. The van der Waals surface area contributed by atoms with E-state index in [4.69, 9.17) is 14.2 Å². The van der Waals surface area contributed by atoms with Crippen molar-refractivity contribution in [2.75, 3.05) is 14.2 Å². The minimum atomic E-state index is -0.845. The fraction of sp³-hybridized carbons (Fsp3) is 0.455. The summed E-state index contributed by atoms with van der Waals surface area (Å²) in [7, 11) is 2.95. The molecule has 0 aliphatic heterocycles. The number of benzene rings is 2. The highest BCUT2D eigenvalue weighted by atomic mass is 16.5. The SMILES string of the molecule is COc1c(C(C)O)cc(Oc2cc(C(C)O)c(OC)c(C(C)O)c2)cc1C(C)O. The standard InChI is InChI=1S/C22H30O7/c1-11(23)17-7-15(8-18(12(2)24)21(17)27-5)29-16-9-19(13(3)25)22(28-6)20(10-16)14(4)26/h7-14,23-26H,1-6H3. The molecule has 0 radical (unpaired) electrons. The van der Waals surface area contributed by atoms with E-state index in [1.807, 2.05) is 0 Å². The first kappa shape index (κ1) is 23.0. The van der Waals surface area contributed by atoms with Gasteiger partial charge in [0.2, 0.25) is 0 Å². The highest BCUT2D eigenvalue weighted by Crippen LogP contribution is 2.41. The number of hydrogen-bond donors (Lipinski definition) is 4. The molecular weight excluding hydrogens is 376 g/mol. The van der Waals surface area contributed by atoms with Crippen molar-refractivity contribution < 1.29 is 34.6 Å². The Hall–Kier alpha value is -2.32. The van der Waals surface area contributed by atoms with Gasteiger partial charge < -0.3 is 34.6 Å². The molecule has 0 aromatic heterocycles. The third kappa shape index (κ3) is 5.00. The van der Waals surface area contributed by atoms with Gasteiger partial charge in [0.15, 0.2) is 0 Å². The minimum absolute atomic E-state index is 0.371.